The van der Waals surface area contributed by atoms with E-state index in [1.807, 2.05) is 42.5 Å². The number of hydrogen-bond donors (Lipinski definition) is 2. The van der Waals surface area contributed by atoms with E-state index < -0.39 is 10.0 Å². The van der Waals surface area contributed by atoms with E-state index >= 15 is 0 Å². The van der Waals surface area contributed by atoms with Gasteiger partial charge in [-0.3, -0.25) is 9.52 Å². The summed E-state index contributed by atoms with van der Waals surface area (Å²) >= 11 is 0. The third-order valence-corrected chi connectivity index (χ3v) is 6.02. The van der Waals surface area contributed by atoms with E-state index in [-0.39, 0.29) is 18.3 Å². The first-order valence-electron chi connectivity index (χ1n) is 10.0. The number of para-hydroxylation sites is 1. The number of aryl methyl sites for hydroxylation is 1. The quantitative estimate of drug-likeness (QED) is 0.520. The molecule has 7 heteroatoms. The molecule has 6 nitrogen and oxygen atoms in total. The summed E-state index contributed by atoms with van der Waals surface area (Å²) in [5, 5.41) is 2.79. The van der Waals surface area contributed by atoms with Crippen molar-refractivity contribution in [3.63, 3.8) is 0 Å². The Morgan fingerprint density at radius 2 is 1.68 bits per heavy atom. The number of nitrogens with one attached hydrogen (secondary N) is 2. The highest BCUT2D eigenvalue weighted by atomic mass is 32.2. The summed E-state index contributed by atoms with van der Waals surface area (Å²) in [6.45, 7) is 3.22. The van der Waals surface area contributed by atoms with Gasteiger partial charge < -0.3 is 10.1 Å². The Morgan fingerprint density at radius 1 is 0.968 bits per heavy atom. The Morgan fingerprint density at radius 3 is 2.39 bits per heavy atom. The zero-order chi connectivity index (χ0) is 22.3. The van der Waals surface area contributed by atoms with Gasteiger partial charge in [0.2, 0.25) is 10.0 Å². The van der Waals surface area contributed by atoms with Crippen molar-refractivity contribution in [2.45, 2.75) is 20.3 Å². The van der Waals surface area contributed by atoms with Gasteiger partial charge in [-0.2, -0.15) is 0 Å². The van der Waals surface area contributed by atoms with E-state index in [1.54, 1.807) is 32.0 Å². The summed E-state index contributed by atoms with van der Waals surface area (Å²) < 4.78 is 31.8. The molecule has 3 aromatic rings. The molecule has 0 aliphatic rings. The van der Waals surface area contributed by atoms with Gasteiger partial charge in [0.15, 0.2) is 6.61 Å². The van der Waals surface area contributed by atoms with Crippen molar-refractivity contribution in [1.29, 1.82) is 0 Å². The number of ether oxygens (including phenoxy) is 1. The van der Waals surface area contributed by atoms with Crippen LogP contribution in [0.4, 0.5) is 11.4 Å². The van der Waals surface area contributed by atoms with E-state index in [2.05, 4.69) is 22.2 Å². The van der Waals surface area contributed by atoms with Gasteiger partial charge in [-0.1, -0.05) is 48.5 Å². The SMILES string of the molecule is CCS(=O)(=O)Nc1ccc(NC(=O)COc2ccccc2Cc2ccccc2)cc1C. The van der Waals surface area contributed by atoms with Crippen LogP contribution in [-0.4, -0.2) is 26.7 Å². The van der Waals surface area contributed by atoms with Gasteiger partial charge in [0.25, 0.3) is 5.91 Å². The van der Waals surface area contributed by atoms with Crippen LogP contribution in [-0.2, 0) is 21.2 Å². The molecule has 0 radical (unpaired) electrons. The van der Waals surface area contributed by atoms with Crippen molar-refractivity contribution in [1.82, 2.24) is 0 Å². The summed E-state index contributed by atoms with van der Waals surface area (Å²) in [5.74, 6) is 0.367. The van der Waals surface area contributed by atoms with Crippen LogP contribution in [0.15, 0.2) is 72.8 Å². The average molecular weight is 439 g/mol. The second-order valence-electron chi connectivity index (χ2n) is 7.14. The Hall–Kier alpha value is -3.32. The molecular weight excluding hydrogens is 412 g/mol. The molecule has 0 fully saturated rings. The van der Waals surface area contributed by atoms with Crippen molar-refractivity contribution < 1.29 is 17.9 Å². The van der Waals surface area contributed by atoms with E-state index in [4.69, 9.17) is 4.74 Å². The molecule has 3 rings (SSSR count). The normalized spacial score (nSPS) is 11.0. The molecule has 3 aromatic carbocycles. The number of carbonyl (C=O) groups excluding carboxylic acids is 1. The number of rotatable bonds is 9. The average Bonchev–Trinajstić information content (AvgIpc) is 2.76. The fourth-order valence-electron chi connectivity index (χ4n) is 3.04. The summed E-state index contributed by atoms with van der Waals surface area (Å²) in [6.07, 6.45) is 0.715. The Kier molecular flexibility index (Phi) is 7.31. The standard InChI is InChI=1S/C24H26N2O4S/c1-3-31(28,29)26-22-14-13-21(15-18(22)2)25-24(27)17-30-23-12-8-7-11-20(23)16-19-9-5-4-6-10-19/h4-15,26H,3,16-17H2,1-2H3,(H,25,27). The molecule has 1 amide bonds. The molecule has 0 aliphatic heterocycles. The van der Waals surface area contributed by atoms with Crippen LogP contribution in [0.25, 0.3) is 0 Å². The molecule has 0 unspecified atom stereocenters. The van der Waals surface area contributed by atoms with Crippen LogP contribution in [0.3, 0.4) is 0 Å². The second kappa shape index (κ2) is 10.1. The van der Waals surface area contributed by atoms with E-state index in [9.17, 15) is 13.2 Å². The van der Waals surface area contributed by atoms with Gasteiger partial charge in [0.1, 0.15) is 5.75 Å². The molecule has 0 aliphatic carbocycles. The van der Waals surface area contributed by atoms with Gasteiger partial charge in [0, 0.05) is 12.1 Å². The van der Waals surface area contributed by atoms with Gasteiger partial charge in [0.05, 0.1) is 11.4 Å². The third-order valence-electron chi connectivity index (χ3n) is 4.72. The van der Waals surface area contributed by atoms with Crippen LogP contribution in [0, 0.1) is 6.92 Å². The smallest absolute Gasteiger partial charge is 0.262 e. The largest absolute Gasteiger partial charge is 0.483 e. The zero-order valence-electron chi connectivity index (χ0n) is 17.6. The minimum Gasteiger partial charge on any atom is -0.483 e. The number of benzene rings is 3. The fourth-order valence-corrected chi connectivity index (χ4v) is 3.75. The maximum atomic E-state index is 12.4. The molecule has 31 heavy (non-hydrogen) atoms. The topological polar surface area (TPSA) is 84.5 Å². The molecule has 0 spiro atoms. The number of anilines is 2. The number of carbonyl (C=O) groups is 1. The second-order valence-corrected chi connectivity index (χ2v) is 9.15. The van der Waals surface area contributed by atoms with Gasteiger partial charge in [-0.05, 0) is 54.8 Å². The maximum Gasteiger partial charge on any atom is 0.262 e. The molecule has 0 saturated heterocycles. The van der Waals surface area contributed by atoms with Crippen LogP contribution < -0.4 is 14.8 Å². The first kappa shape index (κ1) is 22.4. The molecule has 162 valence electrons. The van der Waals surface area contributed by atoms with Gasteiger partial charge >= 0.3 is 0 Å². The summed E-state index contributed by atoms with van der Waals surface area (Å²) in [5.41, 5.74) is 3.94. The number of hydrogen-bond acceptors (Lipinski definition) is 4. The minimum absolute atomic E-state index is 0.00594. The summed E-state index contributed by atoms with van der Waals surface area (Å²) in [7, 11) is -3.35. The third kappa shape index (κ3) is 6.58. The lowest BCUT2D eigenvalue weighted by atomic mass is 10.0. The van der Waals surface area contributed by atoms with Crippen LogP contribution >= 0.6 is 0 Å². The van der Waals surface area contributed by atoms with Crippen molar-refractivity contribution in [2.24, 2.45) is 0 Å². The van der Waals surface area contributed by atoms with Crippen molar-refractivity contribution >= 4 is 27.3 Å². The van der Waals surface area contributed by atoms with Gasteiger partial charge in [-0.15, -0.1) is 0 Å². The highest BCUT2D eigenvalue weighted by molar-refractivity contribution is 7.92. The van der Waals surface area contributed by atoms with Crippen LogP contribution in [0.2, 0.25) is 0 Å². The summed E-state index contributed by atoms with van der Waals surface area (Å²) in [6, 6.07) is 22.7. The number of amides is 1. The maximum absolute atomic E-state index is 12.4. The predicted molar refractivity (Wildman–Crippen MR) is 124 cm³/mol. The highest BCUT2D eigenvalue weighted by Gasteiger charge is 2.11. The lowest BCUT2D eigenvalue weighted by Gasteiger charge is -2.13. The molecule has 0 bridgehead atoms. The Bertz CT molecular complexity index is 1150. The number of sulfonamides is 1. The van der Waals surface area contributed by atoms with Crippen LogP contribution in [0.5, 0.6) is 5.75 Å². The lowest BCUT2D eigenvalue weighted by Crippen LogP contribution is -2.21. The van der Waals surface area contributed by atoms with E-state index in [0.717, 1.165) is 11.1 Å². The molecule has 0 saturated carbocycles. The van der Waals surface area contributed by atoms with Crippen molar-refractivity contribution in [3.8, 4) is 5.75 Å². The first-order valence-corrected chi connectivity index (χ1v) is 11.7. The Balaban J connectivity index is 1.60. The lowest BCUT2D eigenvalue weighted by molar-refractivity contribution is -0.118. The van der Waals surface area contributed by atoms with Crippen molar-refractivity contribution in [3.05, 3.63) is 89.5 Å². The van der Waals surface area contributed by atoms with E-state index in [1.165, 1.54) is 0 Å². The van der Waals surface area contributed by atoms with Crippen LogP contribution in [0.1, 0.15) is 23.6 Å². The first-order chi connectivity index (χ1) is 14.9. The van der Waals surface area contributed by atoms with Crippen molar-refractivity contribution in [2.75, 3.05) is 22.4 Å². The Labute approximate surface area is 183 Å². The molecule has 0 aromatic heterocycles. The monoisotopic (exact) mass is 438 g/mol. The zero-order valence-corrected chi connectivity index (χ0v) is 18.4. The molecular formula is C24H26N2O4S. The minimum atomic E-state index is -3.35. The molecule has 0 atom stereocenters. The highest BCUT2D eigenvalue weighted by Crippen LogP contribution is 2.23. The fraction of sp³-hybridized carbons (Fsp3) is 0.208. The predicted octanol–water partition coefficient (Wildman–Crippen LogP) is 4.36. The molecule has 2 N–H and O–H groups in total. The van der Waals surface area contributed by atoms with Gasteiger partial charge in [-0.25, -0.2) is 8.42 Å². The van der Waals surface area contributed by atoms with E-state index in [0.29, 0.717) is 29.1 Å². The summed E-state index contributed by atoms with van der Waals surface area (Å²) in [4.78, 5) is 12.4. The molecule has 0 heterocycles.